The fourth-order valence-electron chi connectivity index (χ4n) is 6.50. The molecule has 2 atom stereocenters. The molecule has 6 nitrogen and oxygen atoms in total. The smallest absolute Gasteiger partial charge is 0.376 e. The van der Waals surface area contributed by atoms with E-state index in [1.807, 2.05) is 0 Å². The Balaban J connectivity index is 1.33. The van der Waals surface area contributed by atoms with Crippen molar-refractivity contribution in [1.82, 2.24) is 0 Å². The van der Waals surface area contributed by atoms with E-state index in [2.05, 4.69) is 6.92 Å². The highest BCUT2D eigenvalue weighted by Crippen LogP contribution is 2.59. The molecule has 31 heavy (non-hydrogen) atoms. The van der Waals surface area contributed by atoms with E-state index >= 15 is 0 Å². The molecule has 4 bridgehead atoms. The van der Waals surface area contributed by atoms with Crippen molar-refractivity contribution in [2.24, 2.45) is 23.7 Å². The Morgan fingerprint density at radius 1 is 0.935 bits per heavy atom. The van der Waals surface area contributed by atoms with Crippen molar-refractivity contribution >= 4 is 11.9 Å². The molecule has 0 N–H and O–H groups in total. The Kier molecular flexibility index (Phi) is 5.86. The minimum atomic E-state index is -3.56. The van der Waals surface area contributed by atoms with Crippen LogP contribution >= 0.6 is 0 Å². The average molecular weight is 445 g/mol. The Morgan fingerprint density at radius 2 is 1.48 bits per heavy atom. The molecule has 4 aliphatic carbocycles. The third-order valence-corrected chi connectivity index (χ3v) is 7.67. The van der Waals surface area contributed by atoms with Gasteiger partial charge in [-0.1, -0.05) is 0 Å². The lowest BCUT2D eigenvalue weighted by Crippen LogP contribution is -2.58. The van der Waals surface area contributed by atoms with Crippen LogP contribution in [0, 0.1) is 23.7 Å². The number of ether oxygens (including phenoxy) is 4. The van der Waals surface area contributed by atoms with Crippen molar-refractivity contribution in [2.75, 3.05) is 6.61 Å². The highest BCUT2D eigenvalue weighted by Gasteiger charge is 2.57. The summed E-state index contributed by atoms with van der Waals surface area (Å²) in [6.07, 6.45) is 5.10. The van der Waals surface area contributed by atoms with Crippen molar-refractivity contribution in [1.29, 1.82) is 0 Å². The van der Waals surface area contributed by atoms with Gasteiger partial charge in [0, 0.05) is 13.3 Å². The zero-order chi connectivity index (χ0) is 22.6. The lowest BCUT2D eigenvalue weighted by molar-refractivity contribution is -0.306. The maximum atomic E-state index is 13.1. The van der Waals surface area contributed by atoms with Crippen molar-refractivity contribution in [3.8, 4) is 0 Å². The highest BCUT2D eigenvalue weighted by molar-refractivity contribution is 5.76. The molecule has 4 saturated carbocycles. The van der Waals surface area contributed by atoms with Gasteiger partial charge in [-0.15, -0.1) is 0 Å². The second-order valence-electron chi connectivity index (χ2n) is 10.8. The van der Waals surface area contributed by atoms with Crippen molar-refractivity contribution in [3.63, 3.8) is 0 Å². The summed E-state index contributed by atoms with van der Waals surface area (Å²) in [7, 11) is 0. The van der Waals surface area contributed by atoms with Crippen molar-refractivity contribution in [2.45, 2.75) is 102 Å². The summed E-state index contributed by atoms with van der Waals surface area (Å²) < 4.78 is 48.5. The molecular weight excluding hydrogens is 410 g/mol. The van der Waals surface area contributed by atoms with Gasteiger partial charge in [0.2, 0.25) is 0 Å². The van der Waals surface area contributed by atoms with E-state index in [1.54, 1.807) is 13.8 Å². The standard InChI is InChI=1S/C23H34F2O6/c1-21(2)29-17(10-18(30-21)12-28-20(27)23(4,24)25)11-19(26)31-22(3)15-6-13-5-14(8-15)9-16(22)7-13/h13-18H,5-12H2,1-4H3. The monoisotopic (exact) mass is 444 g/mol. The molecule has 5 fully saturated rings. The van der Waals surface area contributed by atoms with E-state index in [-0.39, 0.29) is 25.4 Å². The molecule has 0 aromatic heterocycles. The van der Waals surface area contributed by atoms with Gasteiger partial charge in [-0.2, -0.15) is 8.78 Å². The third-order valence-electron chi connectivity index (χ3n) is 7.67. The summed E-state index contributed by atoms with van der Waals surface area (Å²) in [5, 5.41) is 0. The number of carbonyl (C=O) groups excluding carboxylic acids is 2. The maximum Gasteiger partial charge on any atom is 0.376 e. The number of halogens is 2. The van der Waals surface area contributed by atoms with Crippen LogP contribution in [0.3, 0.4) is 0 Å². The van der Waals surface area contributed by atoms with Crippen LogP contribution in [0.5, 0.6) is 0 Å². The van der Waals surface area contributed by atoms with Gasteiger partial charge in [0.1, 0.15) is 12.2 Å². The molecule has 5 rings (SSSR count). The molecule has 0 radical (unpaired) electrons. The fourth-order valence-corrected chi connectivity index (χ4v) is 6.50. The van der Waals surface area contributed by atoms with Gasteiger partial charge in [-0.3, -0.25) is 4.79 Å². The number of hydrogen-bond donors (Lipinski definition) is 0. The average Bonchev–Trinajstić information content (AvgIpc) is 2.61. The molecule has 2 unspecified atom stereocenters. The number of esters is 2. The summed E-state index contributed by atoms with van der Waals surface area (Å²) in [4.78, 5) is 24.3. The Bertz CT molecular complexity index is 687. The van der Waals surface area contributed by atoms with Gasteiger partial charge in [0.25, 0.3) is 0 Å². The predicted molar refractivity (Wildman–Crippen MR) is 106 cm³/mol. The van der Waals surface area contributed by atoms with E-state index in [0.717, 1.165) is 37.5 Å². The quantitative estimate of drug-likeness (QED) is 0.571. The molecule has 5 aliphatic rings. The van der Waals surface area contributed by atoms with E-state index in [9.17, 15) is 18.4 Å². The summed E-state index contributed by atoms with van der Waals surface area (Å²) >= 11 is 0. The Labute approximate surface area is 182 Å². The molecule has 0 amide bonds. The zero-order valence-corrected chi connectivity index (χ0v) is 18.8. The summed E-state index contributed by atoms with van der Waals surface area (Å²) in [6, 6.07) is 0. The summed E-state index contributed by atoms with van der Waals surface area (Å²) in [6.45, 7) is 5.65. The van der Waals surface area contributed by atoms with E-state index in [4.69, 9.17) is 18.9 Å². The van der Waals surface area contributed by atoms with Crippen LogP contribution in [0.25, 0.3) is 0 Å². The normalized spacial score (nSPS) is 41.1. The number of alkyl halides is 2. The minimum absolute atomic E-state index is 0.0586. The van der Waals surface area contributed by atoms with Gasteiger partial charge in [-0.05, 0) is 76.5 Å². The molecule has 0 aromatic carbocycles. The highest BCUT2D eigenvalue weighted by atomic mass is 19.3. The van der Waals surface area contributed by atoms with Gasteiger partial charge in [0.15, 0.2) is 5.79 Å². The SMILES string of the molecule is CC1(C)OC(COC(=O)C(C)(F)F)CC(CC(=O)OC2(C)C3CC4CC(C3)CC2C4)O1. The first-order chi connectivity index (χ1) is 14.3. The Morgan fingerprint density at radius 3 is 2.03 bits per heavy atom. The molecule has 1 aliphatic heterocycles. The van der Waals surface area contributed by atoms with Crippen LogP contribution in [0.4, 0.5) is 8.78 Å². The maximum absolute atomic E-state index is 13.1. The molecule has 0 aromatic rings. The fraction of sp³-hybridized carbons (Fsp3) is 0.913. The van der Waals surface area contributed by atoms with Crippen LogP contribution < -0.4 is 0 Å². The van der Waals surface area contributed by atoms with Gasteiger partial charge in [0.05, 0.1) is 18.6 Å². The third kappa shape index (κ3) is 4.90. The lowest BCUT2D eigenvalue weighted by Gasteiger charge is -2.59. The predicted octanol–water partition coefficient (Wildman–Crippen LogP) is 4.24. The van der Waals surface area contributed by atoms with Crippen molar-refractivity contribution in [3.05, 3.63) is 0 Å². The first-order valence-electron chi connectivity index (χ1n) is 11.5. The second kappa shape index (κ2) is 7.94. The first kappa shape index (κ1) is 22.9. The summed E-state index contributed by atoms with van der Waals surface area (Å²) in [5.41, 5.74) is -0.410. The first-order valence-corrected chi connectivity index (χ1v) is 11.5. The van der Waals surface area contributed by atoms with Crippen LogP contribution in [-0.2, 0) is 28.5 Å². The number of rotatable bonds is 6. The van der Waals surface area contributed by atoms with Gasteiger partial charge >= 0.3 is 17.9 Å². The molecule has 0 spiro atoms. The van der Waals surface area contributed by atoms with E-state index in [1.165, 1.54) is 6.42 Å². The zero-order valence-electron chi connectivity index (χ0n) is 18.8. The molecule has 176 valence electrons. The van der Waals surface area contributed by atoms with Crippen LogP contribution in [0.2, 0.25) is 0 Å². The van der Waals surface area contributed by atoms with Crippen LogP contribution in [-0.4, -0.2) is 48.1 Å². The molecule has 1 heterocycles. The number of hydrogen-bond acceptors (Lipinski definition) is 6. The molecular formula is C23H34F2O6. The molecule has 1 saturated heterocycles. The van der Waals surface area contributed by atoms with E-state index < -0.39 is 35.5 Å². The summed E-state index contributed by atoms with van der Waals surface area (Å²) in [5.74, 6) is -4.04. The Hall–Kier alpha value is -1.28. The van der Waals surface area contributed by atoms with Gasteiger partial charge < -0.3 is 18.9 Å². The second-order valence-corrected chi connectivity index (χ2v) is 10.8. The van der Waals surface area contributed by atoms with Gasteiger partial charge in [-0.25, -0.2) is 4.79 Å². The molecule has 8 heteroatoms. The van der Waals surface area contributed by atoms with Crippen molar-refractivity contribution < 1.29 is 37.3 Å². The van der Waals surface area contributed by atoms with Crippen LogP contribution in [0.15, 0.2) is 0 Å². The topological polar surface area (TPSA) is 71.1 Å². The largest absolute Gasteiger partial charge is 0.459 e. The minimum Gasteiger partial charge on any atom is -0.459 e. The number of carbonyl (C=O) groups is 2. The lowest BCUT2D eigenvalue weighted by atomic mass is 9.50. The van der Waals surface area contributed by atoms with Crippen LogP contribution in [0.1, 0.15) is 72.6 Å². The van der Waals surface area contributed by atoms with E-state index in [0.29, 0.717) is 18.8 Å².